The first-order valence-electron chi connectivity index (χ1n) is 4.26. The highest BCUT2D eigenvalue weighted by atomic mass is 32.2. The highest BCUT2D eigenvalue weighted by Crippen LogP contribution is 2.24. The molecule has 0 aromatic carbocycles. The zero-order chi connectivity index (χ0) is 6.81. The van der Waals surface area contributed by atoms with E-state index in [2.05, 4.69) is 17.1 Å². The molecule has 0 aliphatic carbocycles. The van der Waals surface area contributed by atoms with Crippen LogP contribution in [0.15, 0.2) is 0 Å². The molecule has 0 aromatic rings. The van der Waals surface area contributed by atoms with Crippen molar-refractivity contribution in [1.82, 2.24) is 5.32 Å². The summed E-state index contributed by atoms with van der Waals surface area (Å²) in [6.45, 7) is 1.29. The summed E-state index contributed by atoms with van der Waals surface area (Å²) in [5, 5.41) is 3.62. The first-order chi connectivity index (χ1) is 4.95. The van der Waals surface area contributed by atoms with Crippen LogP contribution in [0, 0.1) is 5.92 Å². The molecule has 0 unspecified atom stereocenters. The second-order valence-electron chi connectivity index (χ2n) is 3.44. The molecule has 2 fully saturated rings. The zero-order valence-electron chi connectivity index (χ0n) is 6.31. The number of hydrogen-bond donors (Lipinski definition) is 1. The van der Waals surface area contributed by atoms with Gasteiger partial charge in [0.25, 0.3) is 0 Å². The van der Waals surface area contributed by atoms with E-state index < -0.39 is 0 Å². The Labute approximate surface area is 67.0 Å². The summed E-state index contributed by atoms with van der Waals surface area (Å²) in [6.07, 6.45) is 4.35. The van der Waals surface area contributed by atoms with Gasteiger partial charge in [0.2, 0.25) is 0 Å². The topological polar surface area (TPSA) is 12.0 Å². The van der Waals surface area contributed by atoms with Crippen LogP contribution in [-0.4, -0.2) is 24.1 Å². The molecule has 2 heterocycles. The molecule has 0 aromatic heterocycles. The van der Waals surface area contributed by atoms with E-state index in [4.69, 9.17) is 0 Å². The second-order valence-corrected chi connectivity index (χ2v) is 4.51. The molecule has 0 radical (unpaired) electrons. The van der Waals surface area contributed by atoms with Crippen LogP contribution in [0.2, 0.25) is 0 Å². The Morgan fingerprint density at radius 2 is 2.20 bits per heavy atom. The van der Waals surface area contributed by atoms with Crippen molar-refractivity contribution in [2.24, 2.45) is 5.92 Å². The highest BCUT2D eigenvalue weighted by molar-refractivity contribution is 7.99. The minimum absolute atomic E-state index is 0.845. The SMILES string of the molecule is C1C[C@H]2CN[C@@H](C1)CSC2. The maximum atomic E-state index is 3.62. The number of fused-ring (bicyclic) bond motifs is 3. The van der Waals surface area contributed by atoms with Crippen molar-refractivity contribution in [2.75, 3.05) is 18.1 Å². The summed E-state index contributed by atoms with van der Waals surface area (Å²) >= 11 is 2.15. The van der Waals surface area contributed by atoms with Crippen LogP contribution in [0.4, 0.5) is 0 Å². The molecular formula is C8H15NS. The van der Waals surface area contributed by atoms with Crippen molar-refractivity contribution in [3.63, 3.8) is 0 Å². The molecule has 2 aliphatic heterocycles. The maximum absolute atomic E-state index is 3.62. The van der Waals surface area contributed by atoms with Crippen LogP contribution in [0.1, 0.15) is 19.3 Å². The van der Waals surface area contributed by atoms with Crippen molar-refractivity contribution >= 4 is 11.8 Å². The van der Waals surface area contributed by atoms with Gasteiger partial charge in [-0.05, 0) is 31.1 Å². The molecule has 1 N–H and O–H groups in total. The van der Waals surface area contributed by atoms with Gasteiger partial charge in [-0.2, -0.15) is 11.8 Å². The highest BCUT2D eigenvalue weighted by Gasteiger charge is 2.21. The van der Waals surface area contributed by atoms with E-state index in [1.807, 2.05) is 0 Å². The summed E-state index contributed by atoms with van der Waals surface area (Å²) in [6, 6.07) is 0.845. The van der Waals surface area contributed by atoms with Crippen molar-refractivity contribution in [2.45, 2.75) is 25.3 Å². The predicted molar refractivity (Wildman–Crippen MR) is 46.5 cm³/mol. The summed E-state index contributed by atoms with van der Waals surface area (Å²) < 4.78 is 0. The monoisotopic (exact) mass is 157 g/mol. The normalized spacial score (nSPS) is 40.8. The number of hydrogen-bond acceptors (Lipinski definition) is 2. The Kier molecular flexibility index (Phi) is 2.19. The van der Waals surface area contributed by atoms with Gasteiger partial charge in [0.1, 0.15) is 0 Å². The molecule has 2 saturated heterocycles. The Hall–Kier alpha value is 0.310. The largest absolute Gasteiger partial charge is 0.313 e. The molecule has 10 heavy (non-hydrogen) atoms. The van der Waals surface area contributed by atoms with Crippen molar-refractivity contribution < 1.29 is 0 Å². The van der Waals surface area contributed by atoms with E-state index in [-0.39, 0.29) is 0 Å². The van der Waals surface area contributed by atoms with Crippen LogP contribution in [0.25, 0.3) is 0 Å². The summed E-state index contributed by atoms with van der Waals surface area (Å²) in [4.78, 5) is 0. The number of rotatable bonds is 0. The van der Waals surface area contributed by atoms with Gasteiger partial charge in [0.05, 0.1) is 0 Å². The lowest BCUT2D eigenvalue weighted by molar-refractivity contribution is 0.523. The summed E-state index contributed by atoms with van der Waals surface area (Å²) in [5.74, 6) is 3.75. The average molecular weight is 157 g/mol. The van der Waals surface area contributed by atoms with Crippen LogP contribution in [0.3, 0.4) is 0 Å². The smallest absolute Gasteiger partial charge is 0.0158 e. The van der Waals surface area contributed by atoms with Gasteiger partial charge in [-0.15, -0.1) is 0 Å². The molecule has 2 heteroatoms. The Bertz CT molecular complexity index is 93.8. The van der Waals surface area contributed by atoms with Gasteiger partial charge in [0.15, 0.2) is 0 Å². The fourth-order valence-electron chi connectivity index (χ4n) is 1.85. The van der Waals surface area contributed by atoms with E-state index in [1.54, 1.807) is 0 Å². The lowest BCUT2D eigenvalue weighted by atomic mass is 10.1. The van der Waals surface area contributed by atoms with Gasteiger partial charge < -0.3 is 5.32 Å². The van der Waals surface area contributed by atoms with E-state index in [0.29, 0.717) is 0 Å². The van der Waals surface area contributed by atoms with E-state index in [9.17, 15) is 0 Å². The van der Waals surface area contributed by atoms with Gasteiger partial charge in [-0.1, -0.05) is 6.42 Å². The number of thioether (sulfide) groups is 1. The molecular weight excluding hydrogens is 142 g/mol. The van der Waals surface area contributed by atoms with Crippen LogP contribution >= 0.6 is 11.8 Å². The molecule has 0 amide bonds. The minimum Gasteiger partial charge on any atom is -0.313 e. The molecule has 2 bridgehead atoms. The van der Waals surface area contributed by atoms with Gasteiger partial charge in [0, 0.05) is 11.8 Å². The quantitative estimate of drug-likeness (QED) is 0.572. The van der Waals surface area contributed by atoms with Gasteiger partial charge >= 0.3 is 0 Å². The molecule has 1 nitrogen and oxygen atoms in total. The van der Waals surface area contributed by atoms with Crippen molar-refractivity contribution in [3.8, 4) is 0 Å². The van der Waals surface area contributed by atoms with E-state index in [1.165, 1.54) is 37.3 Å². The Morgan fingerprint density at radius 3 is 3.20 bits per heavy atom. The lowest BCUT2D eigenvalue weighted by Gasteiger charge is -2.13. The number of nitrogens with one attached hydrogen (secondary N) is 1. The lowest BCUT2D eigenvalue weighted by Crippen LogP contribution is -2.30. The first-order valence-corrected chi connectivity index (χ1v) is 5.42. The zero-order valence-corrected chi connectivity index (χ0v) is 7.12. The molecule has 0 saturated carbocycles. The van der Waals surface area contributed by atoms with Crippen molar-refractivity contribution in [3.05, 3.63) is 0 Å². The molecule has 58 valence electrons. The van der Waals surface area contributed by atoms with E-state index >= 15 is 0 Å². The van der Waals surface area contributed by atoms with Crippen LogP contribution in [0.5, 0.6) is 0 Å². The molecule has 0 spiro atoms. The van der Waals surface area contributed by atoms with Crippen LogP contribution < -0.4 is 5.32 Å². The Balaban J connectivity index is 2.01. The summed E-state index contributed by atoms with van der Waals surface area (Å²) in [7, 11) is 0. The third-order valence-corrected chi connectivity index (χ3v) is 3.88. The van der Waals surface area contributed by atoms with Gasteiger partial charge in [-0.3, -0.25) is 0 Å². The fourth-order valence-corrected chi connectivity index (χ4v) is 3.17. The average Bonchev–Trinajstić information content (AvgIpc) is 2.17. The Morgan fingerprint density at radius 1 is 1.20 bits per heavy atom. The molecule has 2 rings (SSSR count). The van der Waals surface area contributed by atoms with Crippen LogP contribution in [-0.2, 0) is 0 Å². The minimum atomic E-state index is 0.845. The third kappa shape index (κ3) is 1.48. The maximum Gasteiger partial charge on any atom is 0.0158 e. The predicted octanol–water partition coefficient (Wildman–Crippen LogP) is 1.49. The molecule has 2 atom stereocenters. The molecule has 2 aliphatic rings. The van der Waals surface area contributed by atoms with Crippen molar-refractivity contribution in [1.29, 1.82) is 0 Å². The standard InChI is InChI=1S/C8H15NS/c1-2-7-4-9-8(3-1)6-10-5-7/h7-9H,1-6H2/t7-,8-/m0/s1. The second kappa shape index (κ2) is 3.14. The first kappa shape index (κ1) is 6.99. The third-order valence-electron chi connectivity index (χ3n) is 2.53. The van der Waals surface area contributed by atoms with Gasteiger partial charge in [-0.25, -0.2) is 0 Å². The summed E-state index contributed by atoms with van der Waals surface area (Å²) in [5.41, 5.74) is 0. The fraction of sp³-hybridized carbons (Fsp3) is 1.00. The van der Waals surface area contributed by atoms with E-state index in [0.717, 1.165) is 12.0 Å².